The number of nitrogens with zero attached hydrogens (tertiary/aromatic N) is 2. The van der Waals surface area contributed by atoms with Crippen molar-refractivity contribution in [1.29, 1.82) is 0 Å². The van der Waals surface area contributed by atoms with Crippen LogP contribution in [0.25, 0.3) is 0 Å². The van der Waals surface area contributed by atoms with Gasteiger partial charge in [-0.05, 0) is 12.1 Å². The van der Waals surface area contributed by atoms with Crippen LogP contribution in [-0.4, -0.2) is 36.0 Å². The van der Waals surface area contributed by atoms with E-state index in [2.05, 4.69) is 10.3 Å². The third kappa shape index (κ3) is 1.79. The van der Waals surface area contributed by atoms with E-state index in [1.165, 1.54) is 0 Å². The van der Waals surface area contributed by atoms with Gasteiger partial charge in [0, 0.05) is 25.8 Å². The Bertz CT molecular complexity index is 265. The molecule has 1 aromatic rings. The van der Waals surface area contributed by atoms with Crippen LogP contribution < -0.4 is 10.2 Å². The highest BCUT2D eigenvalue weighted by atomic mass is 16.3. The van der Waals surface area contributed by atoms with Crippen molar-refractivity contribution >= 4 is 5.82 Å². The minimum absolute atomic E-state index is 0.455. The molecule has 1 unspecified atom stereocenters. The molecule has 0 aromatic carbocycles. The van der Waals surface area contributed by atoms with Crippen molar-refractivity contribution in [1.82, 2.24) is 10.3 Å². The molecule has 1 aromatic heterocycles. The van der Waals surface area contributed by atoms with Gasteiger partial charge in [0.1, 0.15) is 12.0 Å². The summed E-state index contributed by atoms with van der Waals surface area (Å²) in [6, 6.07) is 5.71. The summed E-state index contributed by atoms with van der Waals surface area (Å²) < 4.78 is 0. The van der Waals surface area contributed by atoms with Gasteiger partial charge < -0.3 is 15.3 Å². The summed E-state index contributed by atoms with van der Waals surface area (Å²) in [4.78, 5) is 6.09. The summed E-state index contributed by atoms with van der Waals surface area (Å²) in [5, 5.41) is 12.8. The monoisotopic (exact) mass is 179 g/mol. The average molecular weight is 179 g/mol. The molecule has 2 N–H and O–H groups in total. The Morgan fingerprint density at radius 3 is 3.15 bits per heavy atom. The van der Waals surface area contributed by atoms with Crippen LogP contribution in [0.4, 0.5) is 5.82 Å². The zero-order chi connectivity index (χ0) is 9.10. The van der Waals surface area contributed by atoms with Crippen molar-refractivity contribution in [3.05, 3.63) is 24.4 Å². The molecule has 0 bridgehead atoms. The van der Waals surface area contributed by atoms with Crippen LogP contribution in [0.15, 0.2) is 24.4 Å². The molecule has 0 saturated carbocycles. The van der Waals surface area contributed by atoms with E-state index in [0.717, 1.165) is 18.9 Å². The summed E-state index contributed by atoms with van der Waals surface area (Å²) in [5.74, 6) is 0.844. The number of aromatic nitrogens is 1. The number of nitrogens with one attached hydrogen (secondary N) is 1. The largest absolute Gasteiger partial charge is 0.372 e. The van der Waals surface area contributed by atoms with Gasteiger partial charge in [0.25, 0.3) is 0 Å². The molecule has 0 radical (unpaired) electrons. The van der Waals surface area contributed by atoms with E-state index in [0.29, 0.717) is 6.54 Å². The van der Waals surface area contributed by atoms with Crippen molar-refractivity contribution in [2.75, 3.05) is 24.5 Å². The van der Waals surface area contributed by atoms with Gasteiger partial charge in [-0.1, -0.05) is 6.07 Å². The number of piperazine rings is 1. The van der Waals surface area contributed by atoms with Crippen LogP contribution in [0, 0.1) is 0 Å². The van der Waals surface area contributed by atoms with Gasteiger partial charge in [0.15, 0.2) is 0 Å². The van der Waals surface area contributed by atoms with E-state index in [1.54, 1.807) is 6.20 Å². The first kappa shape index (κ1) is 8.47. The molecule has 1 aliphatic heterocycles. The smallest absolute Gasteiger partial charge is 0.140 e. The Labute approximate surface area is 77.2 Å². The topological polar surface area (TPSA) is 48.4 Å². The molecular formula is C9H13N3O. The second kappa shape index (κ2) is 3.72. The van der Waals surface area contributed by atoms with Crippen LogP contribution in [0.5, 0.6) is 0 Å². The summed E-state index contributed by atoms with van der Waals surface area (Å²) >= 11 is 0. The minimum Gasteiger partial charge on any atom is -0.372 e. The summed E-state index contributed by atoms with van der Waals surface area (Å²) in [6.07, 6.45) is 1.29. The first-order valence-electron chi connectivity index (χ1n) is 4.44. The molecule has 2 rings (SSSR count). The SMILES string of the molecule is OC1CNCCN1c1ccccn1. The lowest BCUT2D eigenvalue weighted by molar-refractivity contribution is 0.151. The number of aliphatic hydroxyl groups is 1. The van der Waals surface area contributed by atoms with Gasteiger partial charge >= 0.3 is 0 Å². The van der Waals surface area contributed by atoms with Gasteiger partial charge in [0.05, 0.1) is 0 Å². The van der Waals surface area contributed by atoms with E-state index in [4.69, 9.17) is 0 Å². The molecule has 4 heteroatoms. The fourth-order valence-corrected chi connectivity index (χ4v) is 1.48. The normalized spacial score (nSPS) is 23.2. The van der Waals surface area contributed by atoms with Gasteiger partial charge in [0.2, 0.25) is 0 Å². The first-order valence-corrected chi connectivity index (χ1v) is 4.44. The molecule has 1 atom stereocenters. The van der Waals surface area contributed by atoms with Crippen LogP contribution in [0.3, 0.4) is 0 Å². The van der Waals surface area contributed by atoms with Crippen LogP contribution in [-0.2, 0) is 0 Å². The standard InChI is InChI=1S/C9H13N3O/c13-9-7-10-5-6-12(9)8-3-1-2-4-11-8/h1-4,9-10,13H,5-7H2. The van der Waals surface area contributed by atoms with Gasteiger partial charge in [-0.2, -0.15) is 0 Å². The lowest BCUT2D eigenvalue weighted by Crippen LogP contribution is -2.51. The highest BCUT2D eigenvalue weighted by Gasteiger charge is 2.19. The Hall–Kier alpha value is -1.13. The third-order valence-electron chi connectivity index (χ3n) is 2.16. The summed E-state index contributed by atoms with van der Waals surface area (Å²) in [6.45, 7) is 2.31. The molecule has 2 heterocycles. The maximum absolute atomic E-state index is 9.65. The number of anilines is 1. The van der Waals surface area contributed by atoms with Crippen LogP contribution in [0.1, 0.15) is 0 Å². The maximum atomic E-state index is 9.65. The predicted molar refractivity (Wildman–Crippen MR) is 50.5 cm³/mol. The fraction of sp³-hybridized carbons (Fsp3) is 0.444. The van der Waals surface area contributed by atoms with E-state index >= 15 is 0 Å². The highest BCUT2D eigenvalue weighted by Crippen LogP contribution is 2.12. The molecule has 70 valence electrons. The molecule has 4 nitrogen and oxygen atoms in total. The highest BCUT2D eigenvalue weighted by molar-refractivity contribution is 5.38. The van der Waals surface area contributed by atoms with Gasteiger partial charge in [-0.3, -0.25) is 0 Å². The van der Waals surface area contributed by atoms with Crippen molar-refractivity contribution in [2.45, 2.75) is 6.23 Å². The molecular weight excluding hydrogens is 166 g/mol. The maximum Gasteiger partial charge on any atom is 0.140 e. The number of aliphatic hydroxyl groups excluding tert-OH is 1. The lowest BCUT2D eigenvalue weighted by atomic mass is 10.3. The molecule has 0 aliphatic carbocycles. The van der Waals surface area contributed by atoms with Crippen molar-refractivity contribution in [2.24, 2.45) is 0 Å². The number of rotatable bonds is 1. The van der Waals surface area contributed by atoms with Crippen molar-refractivity contribution < 1.29 is 5.11 Å². The Kier molecular flexibility index (Phi) is 2.42. The molecule has 13 heavy (non-hydrogen) atoms. The number of pyridine rings is 1. The Morgan fingerprint density at radius 1 is 1.54 bits per heavy atom. The number of hydrogen-bond donors (Lipinski definition) is 2. The first-order chi connectivity index (χ1) is 6.38. The second-order valence-corrected chi connectivity index (χ2v) is 3.07. The molecule has 0 amide bonds. The molecule has 1 fully saturated rings. The van der Waals surface area contributed by atoms with Crippen molar-refractivity contribution in [3.63, 3.8) is 0 Å². The van der Waals surface area contributed by atoms with E-state index in [9.17, 15) is 5.11 Å². The Balaban J connectivity index is 2.15. The van der Waals surface area contributed by atoms with Gasteiger partial charge in [-0.15, -0.1) is 0 Å². The quantitative estimate of drug-likeness (QED) is 0.627. The molecule has 0 spiro atoms. The third-order valence-corrected chi connectivity index (χ3v) is 2.16. The molecule has 1 aliphatic rings. The van der Waals surface area contributed by atoms with Crippen molar-refractivity contribution in [3.8, 4) is 0 Å². The van der Waals surface area contributed by atoms with Crippen LogP contribution in [0.2, 0.25) is 0 Å². The van der Waals surface area contributed by atoms with Gasteiger partial charge in [-0.25, -0.2) is 4.98 Å². The lowest BCUT2D eigenvalue weighted by Gasteiger charge is -2.33. The number of hydrogen-bond acceptors (Lipinski definition) is 4. The van der Waals surface area contributed by atoms with E-state index in [1.807, 2.05) is 23.1 Å². The average Bonchev–Trinajstić information content (AvgIpc) is 2.20. The van der Waals surface area contributed by atoms with Crippen LogP contribution >= 0.6 is 0 Å². The zero-order valence-corrected chi connectivity index (χ0v) is 7.35. The summed E-state index contributed by atoms with van der Waals surface area (Å²) in [7, 11) is 0. The number of β-amino-alcohol motifs (C(OH)–C–C–N with tert-alkyl or cyclic N) is 1. The van der Waals surface area contributed by atoms with E-state index in [-0.39, 0.29) is 0 Å². The zero-order valence-electron chi connectivity index (χ0n) is 7.35. The Morgan fingerprint density at radius 2 is 2.46 bits per heavy atom. The van der Waals surface area contributed by atoms with E-state index < -0.39 is 6.23 Å². The predicted octanol–water partition coefficient (Wildman–Crippen LogP) is -0.190. The summed E-state index contributed by atoms with van der Waals surface area (Å²) in [5.41, 5.74) is 0. The fourth-order valence-electron chi connectivity index (χ4n) is 1.48. The minimum atomic E-state index is -0.455. The second-order valence-electron chi connectivity index (χ2n) is 3.07. The molecule has 1 saturated heterocycles.